The Kier molecular flexibility index (Phi) is 5.31. The number of imidazole rings is 1. The molecule has 2 aromatic carbocycles. The van der Waals surface area contributed by atoms with Crippen molar-refractivity contribution in [3.05, 3.63) is 77.6 Å². The molecule has 0 atom stereocenters. The molecule has 0 amide bonds. The van der Waals surface area contributed by atoms with Gasteiger partial charge in [-0.1, -0.05) is 25.1 Å². The van der Waals surface area contributed by atoms with Gasteiger partial charge in [-0.25, -0.2) is 14.4 Å². The van der Waals surface area contributed by atoms with E-state index in [1.807, 2.05) is 31.2 Å². The molecule has 0 bridgehead atoms. The lowest BCUT2D eigenvalue weighted by molar-refractivity contribution is 0.614. The summed E-state index contributed by atoms with van der Waals surface area (Å²) in [6, 6.07) is 13.0. The summed E-state index contributed by atoms with van der Waals surface area (Å²) in [4.78, 5) is 8.41. The number of aliphatic imine (C=N–C) groups is 1. The summed E-state index contributed by atoms with van der Waals surface area (Å²) < 4.78 is 16.1. The topological polar surface area (TPSA) is 68.2 Å². The van der Waals surface area contributed by atoms with Crippen LogP contribution in [-0.4, -0.2) is 15.5 Å². The fraction of sp³-hybridized carbons (Fsp3) is 0.200. The molecule has 0 fully saturated rings. The summed E-state index contributed by atoms with van der Waals surface area (Å²) in [7, 11) is 0. The average molecular weight is 351 g/mol. The van der Waals surface area contributed by atoms with Gasteiger partial charge in [0.05, 0.1) is 12.2 Å². The zero-order chi connectivity index (χ0) is 18.5. The number of nitrogens with two attached hydrogens (primary N) is 1. The third kappa shape index (κ3) is 4.08. The number of hydrogen-bond donors (Lipinski definition) is 2. The van der Waals surface area contributed by atoms with Crippen LogP contribution in [-0.2, 0) is 13.0 Å². The average Bonchev–Trinajstić information content (AvgIpc) is 3.06. The second-order valence-corrected chi connectivity index (χ2v) is 6.01. The smallest absolute Gasteiger partial charge is 0.193 e. The van der Waals surface area contributed by atoms with Crippen LogP contribution in [0, 0.1) is 12.7 Å². The molecule has 0 saturated carbocycles. The minimum atomic E-state index is -0.319. The van der Waals surface area contributed by atoms with Crippen LogP contribution in [0.25, 0.3) is 5.69 Å². The summed E-state index contributed by atoms with van der Waals surface area (Å²) in [5, 5.41) is 3.06. The number of guanidine groups is 1. The second kappa shape index (κ2) is 7.82. The minimum Gasteiger partial charge on any atom is -0.370 e. The van der Waals surface area contributed by atoms with Crippen LogP contribution in [0.4, 0.5) is 10.1 Å². The van der Waals surface area contributed by atoms with Crippen LogP contribution in [0.2, 0.25) is 0 Å². The first-order chi connectivity index (χ1) is 12.6. The van der Waals surface area contributed by atoms with E-state index in [-0.39, 0.29) is 5.82 Å². The molecule has 0 radical (unpaired) electrons. The Bertz CT molecular complexity index is 929. The summed E-state index contributed by atoms with van der Waals surface area (Å²) in [5.74, 6) is 0.714. The van der Waals surface area contributed by atoms with Crippen molar-refractivity contribution in [1.29, 1.82) is 0 Å². The zero-order valence-corrected chi connectivity index (χ0v) is 14.9. The molecule has 0 spiro atoms. The SMILES string of the molecule is CCc1cccc(NC(N)=NCc2ccc(-n3ccnc3C)c(F)c2)c1. The molecule has 3 aromatic rings. The Morgan fingerprint density at radius 1 is 1.23 bits per heavy atom. The van der Waals surface area contributed by atoms with E-state index >= 15 is 0 Å². The minimum absolute atomic E-state index is 0.298. The molecule has 5 nitrogen and oxygen atoms in total. The van der Waals surface area contributed by atoms with Crippen molar-refractivity contribution in [1.82, 2.24) is 9.55 Å². The summed E-state index contributed by atoms with van der Waals surface area (Å²) >= 11 is 0. The van der Waals surface area contributed by atoms with Gasteiger partial charge in [0.15, 0.2) is 5.96 Å². The number of anilines is 1. The molecule has 0 aliphatic heterocycles. The van der Waals surface area contributed by atoms with Crippen LogP contribution in [0.5, 0.6) is 0 Å². The van der Waals surface area contributed by atoms with Gasteiger partial charge in [0.2, 0.25) is 0 Å². The largest absolute Gasteiger partial charge is 0.370 e. The Balaban J connectivity index is 1.69. The highest BCUT2D eigenvalue weighted by Crippen LogP contribution is 2.17. The van der Waals surface area contributed by atoms with Crippen molar-refractivity contribution in [2.45, 2.75) is 26.8 Å². The van der Waals surface area contributed by atoms with Crippen molar-refractivity contribution < 1.29 is 4.39 Å². The van der Waals surface area contributed by atoms with Crippen LogP contribution in [0.1, 0.15) is 23.9 Å². The third-order valence-electron chi connectivity index (χ3n) is 4.14. The summed E-state index contributed by atoms with van der Waals surface area (Å²) in [6.07, 6.45) is 4.33. The molecule has 3 N–H and O–H groups in total. The molecule has 1 heterocycles. The maximum atomic E-state index is 14.4. The lowest BCUT2D eigenvalue weighted by Crippen LogP contribution is -2.22. The molecule has 0 unspecified atom stereocenters. The molecular formula is C20H22FN5. The van der Waals surface area contributed by atoms with E-state index in [4.69, 9.17) is 5.73 Å². The van der Waals surface area contributed by atoms with E-state index in [2.05, 4.69) is 28.3 Å². The quantitative estimate of drug-likeness (QED) is 0.542. The summed E-state index contributed by atoms with van der Waals surface area (Å²) in [6.45, 7) is 4.23. The van der Waals surface area contributed by atoms with Crippen LogP contribution in [0.3, 0.4) is 0 Å². The van der Waals surface area contributed by atoms with Crippen molar-refractivity contribution in [3.8, 4) is 5.69 Å². The lowest BCUT2D eigenvalue weighted by Gasteiger charge is -2.09. The zero-order valence-electron chi connectivity index (χ0n) is 14.9. The van der Waals surface area contributed by atoms with Gasteiger partial charge in [0, 0.05) is 18.1 Å². The number of benzene rings is 2. The molecular weight excluding hydrogens is 329 g/mol. The van der Waals surface area contributed by atoms with Gasteiger partial charge in [0.1, 0.15) is 11.6 Å². The molecule has 3 rings (SSSR count). The van der Waals surface area contributed by atoms with Gasteiger partial charge in [-0.2, -0.15) is 0 Å². The molecule has 1 aromatic heterocycles. The highest BCUT2D eigenvalue weighted by Gasteiger charge is 2.08. The first kappa shape index (κ1) is 17.7. The predicted molar refractivity (Wildman–Crippen MR) is 103 cm³/mol. The molecule has 26 heavy (non-hydrogen) atoms. The maximum Gasteiger partial charge on any atom is 0.193 e. The number of rotatable bonds is 5. The van der Waals surface area contributed by atoms with Crippen LogP contribution < -0.4 is 11.1 Å². The number of nitrogens with one attached hydrogen (secondary N) is 1. The monoisotopic (exact) mass is 351 g/mol. The number of halogens is 1. The Labute approximate surface area is 152 Å². The van der Waals surface area contributed by atoms with Crippen molar-refractivity contribution in [3.63, 3.8) is 0 Å². The highest BCUT2D eigenvalue weighted by atomic mass is 19.1. The first-order valence-corrected chi connectivity index (χ1v) is 8.51. The Morgan fingerprint density at radius 3 is 2.77 bits per heavy atom. The first-order valence-electron chi connectivity index (χ1n) is 8.51. The van der Waals surface area contributed by atoms with Gasteiger partial charge in [-0.3, -0.25) is 0 Å². The van der Waals surface area contributed by atoms with Gasteiger partial charge in [0.25, 0.3) is 0 Å². The van der Waals surface area contributed by atoms with Crippen LogP contribution in [0.15, 0.2) is 59.9 Å². The van der Waals surface area contributed by atoms with E-state index < -0.39 is 0 Å². The van der Waals surface area contributed by atoms with Crippen molar-refractivity contribution in [2.24, 2.45) is 10.7 Å². The third-order valence-corrected chi connectivity index (χ3v) is 4.14. The molecule has 0 saturated heterocycles. The van der Waals surface area contributed by atoms with E-state index in [1.165, 1.54) is 11.6 Å². The number of aromatic nitrogens is 2. The number of nitrogens with zero attached hydrogens (tertiary/aromatic N) is 3. The Hall–Kier alpha value is -3.15. The molecule has 0 aliphatic rings. The lowest BCUT2D eigenvalue weighted by atomic mass is 10.1. The summed E-state index contributed by atoms with van der Waals surface area (Å²) in [5.41, 5.74) is 9.27. The van der Waals surface area contributed by atoms with Crippen molar-refractivity contribution in [2.75, 3.05) is 5.32 Å². The van der Waals surface area contributed by atoms with Gasteiger partial charge in [-0.05, 0) is 48.7 Å². The van der Waals surface area contributed by atoms with E-state index in [0.717, 1.165) is 23.5 Å². The van der Waals surface area contributed by atoms with Crippen molar-refractivity contribution >= 4 is 11.6 Å². The standard InChI is InChI=1S/C20H22FN5/c1-3-15-5-4-6-17(11-15)25-20(22)24-13-16-7-8-19(18(21)12-16)26-10-9-23-14(26)2/h4-12H,3,13H2,1-2H3,(H3,22,24,25). The van der Waals surface area contributed by atoms with Gasteiger partial charge in [-0.15, -0.1) is 0 Å². The number of hydrogen-bond acceptors (Lipinski definition) is 2. The van der Waals surface area contributed by atoms with Gasteiger partial charge >= 0.3 is 0 Å². The molecule has 134 valence electrons. The maximum absolute atomic E-state index is 14.4. The second-order valence-electron chi connectivity index (χ2n) is 6.01. The van der Waals surface area contributed by atoms with E-state index in [0.29, 0.717) is 18.2 Å². The molecule has 6 heteroatoms. The fourth-order valence-corrected chi connectivity index (χ4v) is 2.71. The van der Waals surface area contributed by atoms with Crippen LogP contribution >= 0.6 is 0 Å². The highest BCUT2D eigenvalue weighted by molar-refractivity contribution is 5.92. The normalized spacial score (nSPS) is 11.6. The Morgan fingerprint density at radius 2 is 2.08 bits per heavy atom. The molecule has 0 aliphatic carbocycles. The number of aryl methyl sites for hydroxylation is 2. The van der Waals surface area contributed by atoms with E-state index in [1.54, 1.807) is 23.0 Å². The predicted octanol–water partition coefficient (Wildman–Crippen LogP) is 3.81. The van der Waals surface area contributed by atoms with Gasteiger partial charge < -0.3 is 15.6 Å². The van der Waals surface area contributed by atoms with E-state index in [9.17, 15) is 4.39 Å². The fourth-order valence-electron chi connectivity index (χ4n) is 2.71.